The van der Waals surface area contributed by atoms with Gasteiger partial charge < -0.3 is 5.32 Å². The van der Waals surface area contributed by atoms with Crippen LogP contribution in [0.3, 0.4) is 0 Å². The lowest BCUT2D eigenvalue weighted by atomic mass is 9.62. The maximum atomic E-state index is 4.79. The standard InChI is InChI=1S/C29H51N/c1-22(21-29(3,4)5)27(24-15-9-6-10-16-24)28(25-17-11-7-12-18-25)23(2)30-26-19-13-8-14-20-26/h24-28,30H,1-2,6-21H2,3-5H3. The van der Waals surface area contributed by atoms with Crippen LogP contribution in [0.25, 0.3) is 0 Å². The fourth-order valence-corrected chi connectivity index (χ4v) is 7.07. The Morgan fingerprint density at radius 2 is 1.13 bits per heavy atom. The number of rotatable bonds is 8. The molecule has 2 atom stereocenters. The van der Waals surface area contributed by atoms with Crippen molar-refractivity contribution in [3.8, 4) is 0 Å². The first-order valence-electron chi connectivity index (χ1n) is 13.5. The van der Waals surface area contributed by atoms with Gasteiger partial charge in [0, 0.05) is 17.7 Å². The van der Waals surface area contributed by atoms with Crippen molar-refractivity contribution in [1.82, 2.24) is 5.32 Å². The van der Waals surface area contributed by atoms with Gasteiger partial charge in [-0.25, -0.2) is 0 Å². The van der Waals surface area contributed by atoms with Crippen molar-refractivity contribution in [3.63, 3.8) is 0 Å². The zero-order valence-corrected chi connectivity index (χ0v) is 20.6. The van der Waals surface area contributed by atoms with Gasteiger partial charge in [0.15, 0.2) is 0 Å². The molecule has 1 N–H and O–H groups in total. The molecule has 172 valence electrons. The fourth-order valence-electron chi connectivity index (χ4n) is 7.07. The Balaban J connectivity index is 1.85. The van der Waals surface area contributed by atoms with Crippen molar-refractivity contribution in [2.45, 2.75) is 130 Å². The van der Waals surface area contributed by atoms with Gasteiger partial charge in [0.1, 0.15) is 0 Å². The van der Waals surface area contributed by atoms with Gasteiger partial charge in [-0.05, 0) is 68.1 Å². The van der Waals surface area contributed by atoms with Crippen LogP contribution >= 0.6 is 0 Å². The smallest absolute Gasteiger partial charge is 0.0258 e. The molecule has 0 spiro atoms. The highest BCUT2D eigenvalue weighted by Gasteiger charge is 2.40. The first-order chi connectivity index (χ1) is 14.3. The Hall–Kier alpha value is -0.720. The molecule has 30 heavy (non-hydrogen) atoms. The fraction of sp³-hybridized carbons (Fsp3) is 0.862. The minimum absolute atomic E-state index is 0.319. The molecule has 0 aromatic rings. The lowest BCUT2D eigenvalue weighted by molar-refractivity contribution is 0.140. The summed E-state index contributed by atoms with van der Waals surface area (Å²) in [6, 6.07) is 0.667. The molecule has 2 unspecified atom stereocenters. The topological polar surface area (TPSA) is 12.0 Å². The lowest BCUT2D eigenvalue weighted by Crippen LogP contribution is -2.41. The zero-order valence-electron chi connectivity index (χ0n) is 20.6. The van der Waals surface area contributed by atoms with Gasteiger partial charge in [0.25, 0.3) is 0 Å². The average Bonchev–Trinajstić information content (AvgIpc) is 2.72. The van der Waals surface area contributed by atoms with E-state index in [2.05, 4.69) is 26.1 Å². The molecule has 0 aromatic heterocycles. The monoisotopic (exact) mass is 413 g/mol. The van der Waals surface area contributed by atoms with Crippen molar-refractivity contribution < 1.29 is 0 Å². The van der Waals surface area contributed by atoms with E-state index in [0.29, 0.717) is 23.3 Å². The second kappa shape index (κ2) is 11.2. The van der Waals surface area contributed by atoms with E-state index < -0.39 is 0 Å². The number of hydrogen-bond acceptors (Lipinski definition) is 1. The quantitative estimate of drug-likeness (QED) is 0.392. The van der Waals surface area contributed by atoms with Crippen LogP contribution in [0, 0.1) is 29.1 Å². The van der Waals surface area contributed by atoms with Gasteiger partial charge in [-0.15, -0.1) is 0 Å². The normalized spacial score (nSPS) is 24.9. The molecule has 0 saturated heterocycles. The van der Waals surface area contributed by atoms with Crippen LogP contribution in [0.15, 0.2) is 24.4 Å². The summed E-state index contributed by atoms with van der Waals surface area (Å²) in [6.45, 7) is 16.7. The summed E-state index contributed by atoms with van der Waals surface area (Å²) in [7, 11) is 0. The third-order valence-corrected chi connectivity index (χ3v) is 8.33. The minimum Gasteiger partial charge on any atom is -0.386 e. The number of hydrogen-bond donors (Lipinski definition) is 1. The van der Waals surface area contributed by atoms with E-state index in [4.69, 9.17) is 13.2 Å². The Morgan fingerprint density at radius 3 is 1.60 bits per heavy atom. The van der Waals surface area contributed by atoms with Crippen LogP contribution in [0.5, 0.6) is 0 Å². The zero-order chi connectivity index (χ0) is 21.6. The maximum absolute atomic E-state index is 4.79. The van der Waals surface area contributed by atoms with E-state index in [1.807, 2.05) is 0 Å². The largest absolute Gasteiger partial charge is 0.386 e. The molecule has 0 bridgehead atoms. The number of nitrogens with one attached hydrogen (secondary N) is 1. The molecular weight excluding hydrogens is 362 g/mol. The van der Waals surface area contributed by atoms with Gasteiger partial charge in [0.05, 0.1) is 0 Å². The van der Waals surface area contributed by atoms with E-state index in [1.54, 1.807) is 0 Å². The Labute approximate surface area is 188 Å². The predicted molar refractivity (Wildman–Crippen MR) is 132 cm³/mol. The number of allylic oxidation sites excluding steroid dienone is 2. The summed E-state index contributed by atoms with van der Waals surface area (Å²) in [5.41, 5.74) is 3.25. The molecule has 1 heteroatoms. The van der Waals surface area contributed by atoms with Gasteiger partial charge in [-0.3, -0.25) is 0 Å². The van der Waals surface area contributed by atoms with Crippen molar-refractivity contribution in [2.24, 2.45) is 29.1 Å². The molecule has 3 aliphatic carbocycles. The van der Waals surface area contributed by atoms with Crippen LogP contribution in [-0.4, -0.2) is 6.04 Å². The van der Waals surface area contributed by atoms with Gasteiger partial charge in [-0.2, -0.15) is 0 Å². The van der Waals surface area contributed by atoms with Crippen molar-refractivity contribution in [3.05, 3.63) is 24.4 Å². The Morgan fingerprint density at radius 1 is 0.700 bits per heavy atom. The Bertz CT molecular complexity index is 535. The Kier molecular flexibility index (Phi) is 8.96. The van der Waals surface area contributed by atoms with E-state index in [9.17, 15) is 0 Å². The van der Waals surface area contributed by atoms with Crippen LogP contribution in [-0.2, 0) is 0 Å². The van der Waals surface area contributed by atoms with Crippen LogP contribution in [0.4, 0.5) is 0 Å². The van der Waals surface area contributed by atoms with Crippen LogP contribution < -0.4 is 5.32 Å². The predicted octanol–water partition coefficient (Wildman–Crippen LogP) is 8.81. The summed E-state index contributed by atoms with van der Waals surface area (Å²) in [6.07, 6.45) is 22.2. The molecule has 0 heterocycles. The molecule has 0 radical (unpaired) electrons. The summed E-state index contributed by atoms with van der Waals surface area (Å²) in [5.74, 6) is 2.87. The van der Waals surface area contributed by atoms with E-state index >= 15 is 0 Å². The van der Waals surface area contributed by atoms with Gasteiger partial charge >= 0.3 is 0 Å². The van der Waals surface area contributed by atoms with Gasteiger partial charge in [0.2, 0.25) is 0 Å². The minimum atomic E-state index is 0.319. The third-order valence-electron chi connectivity index (χ3n) is 8.33. The highest BCUT2D eigenvalue weighted by molar-refractivity contribution is 5.17. The van der Waals surface area contributed by atoms with Gasteiger partial charge in [-0.1, -0.05) is 97.3 Å². The molecule has 1 nitrogen and oxygen atoms in total. The first-order valence-corrected chi connectivity index (χ1v) is 13.5. The SMILES string of the molecule is C=C(CC(C)(C)C)C(C1CCCCC1)C(C(=C)NC1CCCCC1)C1CCCCC1. The van der Waals surface area contributed by atoms with Crippen LogP contribution in [0.1, 0.15) is 124 Å². The molecular formula is C29H51N. The summed E-state index contributed by atoms with van der Waals surface area (Å²) in [4.78, 5) is 0. The van der Waals surface area contributed by atoms with Crippen LogP contribution in [0.2, 0.25) is 0 Å². The molecule has 3 rings (SSSR count). The van der Waals surface area contributed by atoms with Crippen molar-refractivity contribution in [2.75, 3.05) is 0 Å². The van der Waals surface area contributed by atoms with Crippen molar-refractivity contribution in [1.29, 1.82) is 0 Å². The molecule has 3 saturated carbocycles. The molecule has 3 aliphatic rings. The summed E-state index contributed by atoms with van der Waals surface area (Å²) >= 11 is 0. The van der Waals surface area contributed by atoms with E-state index in [1.165, 1.54) is 108 Å². The highest BCUT2D eigenvalue weighted by atomic mass is 14.9. The molecule has 0 aliphatic heterocycles. The lowest BCUT2D eigenvalue weighted by Gasteiger charge is -2.45. The van der Waals surface area contributed by atoms with Crippen molar-refractivity contribution >= 4 is 0 Å². The van der Waals surface area contributed by atoms with E-state index in [0.717, 1.165) is 18.3 Å². The summed E-state index contributed by atoms with van der Waals surface area (Å²) < 4.78 is 0. The maximum Gasteiger partial charge on any atom is 0.0258 e. The molecule has 3 fully saturated rings. The summed E-state index contributed by atoms with van der Waals surface area (Å²) in [5, 5.41) is 4.02. The second-order valence-corrected chi connectivity index (χ2v) is 12.2. The molecule has 0 amide bonds. The second-order valence-electron chi connectivity index (χ2n) is 12.2. The third kappa shape index (κ3) is 6.89. The first kappa shape index (κ1) is 23.9. The average molecular weight is 414 g/mol. The molecule has 0 aromatic carbocycles. The highest BCUT2D eigenvalue weighted by Crippen LogP contribution is 2.48. The van der Waals surface area contributed by atoms with E-state index in [-0.39, 0.29) is 0 Å².